The van der Waals surface area contributed by atoms with Crippen molar-refractivity contribution in [3.63, 3.8) is 0 Å². The fraction of sp³-hybridized carbons (Fsp3) is 0.700. The Morgan fingerprint density at radius 2 is 2.20 bits per heavy atom. The number of halogens is 1. The average molecular weight is 232 g/mol. The van der Waals surface area contributed by atoms with Crippen LogP contribution >= 0.6 is 11.6 Å². The van der Waals surface area contributed by atoms with Crippen LogP contribution in [-0.4, -0.2) is 21.4 Å². The van der Waals surface area contributed by atoms with E-state index in [1.807, 2.05) is 13.8 Å². The second-order valence-electron chi connectivity index (χ2n) is 4.09. The molecule has 3 N–H and O–H groups in total. The topological polar surface area (TPSA) is 64.1 Å². The van der Waals surface area contributed by atoms with Crippen molar-refractivity contribution in [2.24, 2.45) is 24.6 Å². The first-order chi connectivity index (χ1) is 6.99. The molecule has 15 heavy (non-hydrogen) atoms. The van der Waals surface area contributed by atoms with Gasteiger partial charge in [-0.25, -0.2) is 0 Å². The Bertz CT molecular complexity index is 305. The molecular formula is C10H18ClN3O. The van der Waals surface area contributed by atoms with Crippen molar-refractivity contribution in [1.29, 1.82) is 0 Å². The van der Waals surface area contributed by atoms with Gasteiger partial charge in [0.2, 0.25) is 0 Å². The highest BCUT2D eigenvalue weighted by atomic mass is 35.5. The molecule has 1 heterocycles. The summed E-state index contributed by atoms with van der Waals surface area (Å²) in [5.41, 5.74) is 6.29. The van der Waals surface area contributed by atoms with Gasteiger partial charge in [0.05, 0.1) is 16.9 Å². The molecule has 1 aromatic heterocycles. The fourth-order valence-corrected chi connectivity index (χ4v) is 2.00. The van der Waals surface area contributed by atoms with Crippen LogP contribution in [0.1, 0.15) is 25.6 Å². The van der Waals surface area contributed by atoms with Crippen molar-refractivity contribution in [2.75, 3.05) is 6.54 Å². The molecule has 0 fully saturated rings. The molecule has 2 atom stereocenters. The van der Waals surface area contributed by atoms with Gasteiger partial charge in [-0.3, -0.25) is 4.68 Å². The maximum atomic E-state index is 10.2. The summed E-state index contributed by atoms with van der Waals surface area (Å²) in [5.74, 6) is 0.300. The maximum absolute atomic E-state index is 10.2. The van der Waals surface area contributed by atoms with Crippen LogP contribution in [-0.2, 0) is 7.05 Å². The Morgan fingerprint density at radius 3 is 2.53 bits per heavy atom. The van der Waals surface area contributed by atoms with Crippen molar-refractivity contribution >= 4 is 11.6 Å². The van der Waals surface area contributed by atoms with E-state index in [1.54, 1.807) is 11.7 Å². The third kappa shape index (κ3) is 2.51. The van der Waals surface area contributed by atoms with Crippen LogP contribution in [0.5, 0.6) is 0 Å². The molecule has 0 amide bonds. The lowest BCUT2D eigenvalue weighted by Gasteiger charge is -2.25. The largest absolute Gasteiger partial charge is 0.386 e. The van der Waals surface area contributed by atoms with Gasteiger partial charge in [-0.15, -0.1) is 0 Å². The Kier molecular flexibility index (Phi) is 4.13. The number of rotatable bonds is 4. The molecule has 2 unspecified atom stereocenters. The molecule has 0 saturated heterocycles. The number of aryl methyl sites for hydroxylation is 1. The Labute approximate surface area is 95.0 Å². The van der Waals surface area contributed by atoms with Crippen LogP contribution in [0.3, 0.4) is 0 Å². The highest BCUT2D eigenvalue weighted by Gasteiger charge is 2.27. The first-order valence-electron chi connectivity index (χ1n) is 5.04. The lowest BCUT2D eigenvalue weighted by atomic mass is 9.89. The smallest absolute Gasteiger partial charge is 0.101 e. The second kappa shape index (κ2) is 4.96. The summed E-state index contributed by atoms with van der Waals surface area (Å²) in [6.07, 6.45) is 0.878. The van der Waals surface area contributed by atoms with E-state index in [-0.39, 0.29) is 5.92 Å². The summed E-state index contributed by atoms with van der Waals surface area (Å²) < 4.78 is 1.60. The minimum absolute atomic E-state index is 0.00194. The van der Waals surface area contributed by atoms with Crippen molar-refractivity contribution in [2.45, 2.75) is 20.0 Å². The number of hydrogen-bond donors (Lipinski definition) is 2. The van der Waals surface area contributed by atoms with Gasteiger partial charge in [-0.2, -0.15) is 5.10 Å². The van der Waals surface area contributed by atoms with Crippen molar-refractivity contribution < 1.29 is 5.11 Å². The van der Waals surface area contributed by atoms with E-state index in [9.17, 15) is 5.11 Å². The van der Waals surface area contributed by atoms with Crippen molar-refractivity contribution in [3.05, 3.63) is 16.9 Å². The molecule has 4 nitrogen and oxygen atoms in total. The number of aliphatic hydroxyl groups excluding tert-OH is 1. The zero-order valence-corrected chi connectivity index (χ0v) is 10.1. The highest BCUT2D eigenvalue weighted by Crippen LogP contribution is 2.31. The molecule has 1 aromatic rings. The van der Waals surface area contributed by atoms with Gasteiger partial charge in [0.1, 0.15) is 6.10 Å². The number of nitrogens with two attached hydrogens (primary N) is 1. The molecule has 0 aliphatic heterocycles. The molecule has 5 heteroatoms. The fourth-order valence-electron chi connectivity index (χ4n) is 1.72. The first kappa shape index (κ1) is 12.5. The van der Waals surface area contributed by atoms with E-state index in [4.69, 9.17) is 17.3 Å². The summed E-state index contributed by atoms with van der Waals surface area (Å²) in [6, 6.07) is 0. The standard InChI is InChI=1S/C10H18ClN3O/c1-6(2)7(4-12)10(15)9-8(11)5-13-14(9)3/h5-7,10,15H,4,12H2,1-3H3. The summed E-state index contributed by atoms with van der Waals surface area (Å²) >= 11 is 5.96. The second-order valence-corrected chi connectivity index (χ2v) is 4.50. The molecule has 0 aliphatic rings. The molecule has 86 valence electrons. The summed E-state index contributed by atoms with van der Waals surface area (Å²) in [5, 5.41) is 14.7. The predicted molar refractivity (Wildman–Crippen MR) is 60.6 cm³/mol. The minimum atomic E-state index is -0.657. The third-order valence-corrected chi connectivity index (χ3v) is 3.04. The Morgan fingerprint density at radius 1 is 1.60 bits per heavy atom. The Hall–Kier alpha value is -0.580. The van der Waals surface area contributed by atoms with Crippen LogP contribution in [0.15, 0.2) is 6.20 Å². The molecule has 1 rings (SSSR count). The van der Waals surface area contributed by atoms with Gasteiger partial charge in [0.25, 0.3) is 0 Å². The number of hydrogen-bond acceptors (Lipinski definition) is 3. The summed E-state index contributed by atoms with van der Waals surface area (Å²) in [6.45, 7) is 4.50. The van der Waals surface area contributed by atoms with Gasteiger partial charge < -0.3 is 10.8 Å². The van der Waals surface area contributed by atoms with Crippen molar-refractivity contribution in [1.82, 2.24) is 9.78 Å². The highest BCUT2D eigenvalue weighted by molar-refractivity contribution is 6.31. The van der Waals surface area contributed by atoms with E-state index in [0.29, 0.717) is 23.2 Å². The van der Waals surface area contributed by atoms with Gasteiger partial charge in [0.15, 0.2) is 0 Å². The normalized spacial score (nSPS) is 15.7. The van der Waals surface area contributed by atoms with Crippen LogP contribution in [0, 0.1) is 11.8 Å². The van der Waals surface area contributed by atoms with Crippen molar-refractivity contribution in [3.8, 4) is 0 Å². The first-order valence-corrected chi connectivity index (χ1v) is 5.42. The lowest BCUT2D eigenvalue weighted by Crippen LogP contribution is -2.28. The predicted octanol–water partition coefficient (Wildman–Crippen LogP) is 1.34. The van der Waals surface area contributed by atoms with E-state index in [1.165, 1.54) is 6.20 Å². The molecule has 0 radical (unpaired) electrons. The molecule has 0 bridgehead atoms. The van der Waals surface area contributed by atoms with Crippen LogP contribution < -0.4 is 5.73 Å². The number of nitrogens with zero attached hydrogens (tertiary/aromatic N) is 2. The van der Waals surface area contributed by atoms with E-state index in [0.717, 1.165) is 0 Å². The van der Waals surface area contributed by atoms with Gasteiger partial charge in [0, 0.05) is 13.0 Å². The van der Waals surface area contributed by atoms with E-state index < -0.39 is 6.10 Å². The summed E-state index contributed by atoms with van der Waals surface area (Å²) in [4.78, 5) is 0. The molecular weight excluding hydrogens is 214 g/mol. The van der Waals surface area contributed by atoms with Gasteiger partial charge >= 0.3 is 0 Å². The Balaban J connectivity index is 2.97. The molecule has 0 aromatic carbocycles. The zero-order chi connectivity index (χ0) is 11.6. The monoisotopic (exact) mass is 231 g/mol. The minimum Gasteiger partial charge on any atom is -0.386 e. The van der Waals surface area contributed by atoms with Gasteiger partial charge in [-0.1, -0.05) is 25.4 Å². The summed E-state index contributed by atoms with van der Waals surface area (Å²) in [7, 11) is 1.76. The van der Waals surface area contributed by atoms with Crippen LogP contribution in [0.25, 0.3) is 0 Å². The molecule has 0 aliphatic carbocycles. The quantitative estimate of drug-likeness (QED) is 0.822. The SMILES string of the molecule is CC(C)C(CN)C(O)c1c(Cl)cnn1C. The average Bonchev–Trinajstić information content (AvgIpc) is 2.46. The zero-order valence-electron chi connectivity index (χ0n) is 9.31. The van der Waals surface area contributed by atoms with E-state index in [2.05, 4.69) is 5.10 Å². The molecule has 0 spiro atoms. The lowest BCUT2D eigenvalue weighted by molar-refractivity contribution is 0.0789. The van der Waals surface area contributed by atoms with Crippen LogP contribution in [0.2, 0.25) is 5.02 Å². The third-order valence-electron chi connectivity index (χ3n) is 2.75. The number of aromatic nitrogens is 2. The van der Waals surface area contributed by atoms with E-state index >= 15 is 0 Å². The maximum Gasteiger partial charge on any atom is 0.101 e. The number of aliphatic hydroxyl groups is 1. The van der Waals surface area contributed by atoms with Crippen LogP contribution in [0.4, 0.5) is 0 Å². The van der Waals surface area contributed by atoms with Gasteiger partial charge in [-0.05, 0) is 12.5 Å². The molecule has 0 saturated carbocycles.